The third-order valence-corrected chi connectivity index (χ3v) is 6.95. The number of carbonyl (C=O) groups is 1. The molecule has 11 nitrogen and oxygen atoms in total. The van der Waals surface area contributed by atoms with E-state index in [0.29, 0.717) is 16.8 Å². The fourth-order valence-corrected chi connectivity index (χ4v) is 4.60. The lowest BCUT2D eigenvalue weighted by atomic mass is 9.66. The van der Waals surface area contributed by atoms with Crippen LogP contribution in [0.1, 0.15) is 40.4 Å². The van der Waals surface area contributed by atoms with Gasteiger partial charge in [-0.05, 0) is 37.1 Å². The Morgan fingerprint density at radius 2 is 1.89 bits per heavy atom. The molecule has 1 atom stereocenters. The van der Waals surface area contributed by atoms with E-state index in [9.17, 15) is 9.59 Å². The molecule has 210 valence electrons. The summed E-state index contributed by atoms with van der Waals surface area (Å²) in [5.41, 5.74) is 6.94. The van der Waals surface area contributed by atoms with E-state index in [0.717, 1.165) is 0 Å². The lowest BCUT2D eigenvalue weighted by Gasteiger charge is -2.21. The minimum absolute atomic E-state index is 0.0109. The summed E-state index contributed by atoms with van der Waals surface area (Å²) in [7, 11) is 26.0. The number of nitrogens with two attached hydrogens (primary N) is 1. The number of nitrogens with one attached hydrogen (secondary N) is 1. The first-order valence-corrected chi connectivity index (χ1v) is 13.4. The van der Waals surface area contributed by atoms with Crippen molar-refractivity contribution < 1.29 is 4.79 Å². The zero-order valence-electron chi connectivity index (χ0n) is 24.3. The molecule has 15 heteroatoms. The topological polar surface area (TPSA) is 138 Å². The van der Waals surface area contributed by atoms with Crippen LogP contribution in [0.3, 0.4) is 0 Å². The van der Waals surface area contributed by atoms with Crippen molar-refractivity contribution in [2.75, 3.05) is 5.73 Å². The number of carbonyl (C=O) groups excluding carboxylic acids is 1. The van der Waals surface area contributed by atoms with E-state index in [2.05, 4.69) is 38.3 Å². The van der Waals surface area contributed by atoms with Crippen LogP contribution in [0.2, 0.25) is 0 Å². The Bertz CT molecular complexity index is 2230. The van der Waals surface area contributed by atoms with E-state index in [-0.39, 0.29) is 56.7 Å². The zero-order valence-corrected chi connectivity index (χ0v) is 24.3. The van der Waals surface area contributed by atoms with Gasteiger partial charge in [0.1, 0.15) is 48.5 Å². The molecule has 4 heterocycles. The molecule has 0 aliphatic carbocycles. The molecule has 0 unspecified atom stereocenters. The van der Waals surface area contributed by atoms with Crippen LogP contribution in [-0.4, -0.2) is 71.2 Å². The molecule has 0 fully saturated rings. The number of rotatable bonds is 6. The van der Waals surface area contributed by atoms with Gasteiger partial charge in [0.05, 0.1) is 23.1 Å². The van der Waals surface area contributed by atoms with Crippen molar-refractivity contribution in [2.24, 2.45) is 7.05 Å². The standard InChI is InChI=1S/C30H21B4N9O2/c1-4-19(31)24(33)25(34)20(32)15-42-27(16(2)38-29(44)23-26(35)40-43-14-6-12-36-28(23)43)39-21-8-5-7-17(22(21)30(42)45)9-10-18-11-13-37-41(18)3/h1,5-8,11-14,16H,15H2,2-3H3,(H2,35,40)(H,38,44)/b24-19-,25-20-/t16-/m0/s1. The van der Waals surface area contributed by atoms with Gasteiger partial charge in [0, 0.05) is 31.5 Å². The number of aryl methyl sites for hydroxylation is 1. The fourth-order valence-electron chi connectivity index (χ4n) is 4.60. The molecule has 1 aromatic carbocycles. The largest absolute Gasteiger partial charge is 0.381 e. The van der Waals surface area contributed by atoms with Gasteiger partial charge in [-0.25, -0.2) is 14.5 Å². The maximum absolute atomic E-state index is 14.2. The van der Waals surface area contributed by atoms with Crippen LogP contribution in [0, 0.1) is 24.2 Å². The van der Waals surface area contributed by atoms with Crippen molar-refractivity contribution in [3.8, 4) is 24.2 Å². The number of nitrogen functional groups attached to an aromatic ring is 1. The molecule has 5 aromatic rings. The van der Waals surface area contributed by atoms with Gasteiger partial charge in [-0.2, -0.15) is 5.10 Å². The zero-order chi connectivity index (χ0) is 32.4. The summed E-state index contributed by atoms with van der Waals surface area (Å²) in [6, 6.07) is 7.65. The van der Waals surface area contributed by atoms with Crippen LogP contribution < -0.4 is 16.6 Å². The molecule has 0 spiro atoms. The minimum atomic E-state index is -0.852. The molecule has 4 aromatic heterocycles. The highest BCUT2D eigenvalue weighted by Crippen LogP contribution is 2.21. The quantitative estimate of drug-likeness (QED) is 0.168. The maximum Gasteiger partial charge on any atom is 0.262 e. The summed E-state index contributed by atoms with van der Waals surface area (Å²) in [6.45, 7) is 1.38. The number of fused-ring (bicyclic) bond motifs is 2. The molecule has 0 aliphatic rings. The van der Waals surface area contributed by atoms with E-state index < -0.39 is 17.5 Å². The van der Waals surface area contributed by atoms with Gasteiger partial charge in [-0.1, -0.05) is 23.4 Å². The highest BCUT2D eigenvalue weighted by molar-refractivity contribution is 6.44. The number of hydrogen-bond acceptors (Lipinski definition) is 7. The molecule has 5 rings (SSSR count). The molecular formula is C30H21B4N9O2. The molecule has 0 bridgehead atoms. The highest BCUT2D eigenvalue weighted by atomic mass is 16.2. The highest BCUT2D eigenvalue weighted by Gasteiger charge is 2.24. The van der Waals surface area contributed by atoms with Gasteiger partial charge in [-0.15, -0.1) is 27.9 Å². The second-order valence-electron chi connectivity index (χ2n) is 9.90. The van der Waals surface area contributed by atoms with Crippen molar-refractivity contribution in [2.45, 2.75) is 19.5 Å². The summed E-state index contributed by atoms with van der Waals surface area (Å²) < 4.78 is 4.28. The molecule has 45 heavy (non-hydrogen) atoms. The summed E-state index contributed by atoms with van der Waals surface area (Å²) >= 11 is 0. The van der Waals surface area contributed by atoms with E-state index in [4.69, 9.17) is 48.5 Å². The van der Waals surface area contributed by atoms with Crippen molar-refractivity contribution in [3.05, 3.63) is 104 Å². The smallest absolute Gasteiger partial charge is 0.262 e. The van der Waals surface area contributed by atoms with Crippen molar-refractivity contribution in [1.82, 2.24) is 39.2 Å². The van der Waals surface area contributed by atoms with Crippen molar-refractivity contribution in [3.63, 3.8) is 0 Å². The Kier molecular flexibility index (Phi) is 8.55. The molecule has 0 saturated heterocycles. The predicted molar refractivity (Wildman–Crippen MR) is 174 cm³/mol. The van der Waals surface area contributed by atoms with Crippen LogP contribution in [-0.2, 0) is 13.6 Å². The Hall–Kier alpha value is -5.68. The lowest BCUT2D eigenvalue weighted by Crippen LogP contribution is -2.35. The Morgan fingerprint density at radius 1 is 1.11 bits per heavy atom. The number of hydrogen-bond donors (Lipinski definition) is 2. The average Bonchev–Trinajstić information content (AvgIpc) is 3.60. The van der Waals surface area contributed by atoms with Gasteiger partial charge in [0.2, 0.25) is 0 Å². The van der Waals surface area contributed by atoms with Crippen LogP contribution >= 0.6 is 0 Å². The SMILES string of the molecule is [B]/C(C#C)=C([B])/C([B])=C(/[B])Cn1c([C@H](C)NC(=O)c2c(N)nn3cccnc23)nc2cccc(C#Cc3ccnn3C)c2c1=O. The van der Waals surface area contributed by atoms with Crippen molar-refractivity contribution >= 4 is 59.7 Å². The summed E-state index contributed by atoms with van der Waals surface area (Å²) in [6.07, 6.45) is 10.1. The molecule has 0 saturated carbocycles. The van der Waals surface area contributed by atoms with Crippen LogP contribution in [0.15, 0.2) is 75.6 Å². The Morgan fingerprint density at radius 3 is 2.60 bits per heavy atom. The maximum atomic E-state index is 14.2. The first-order chi connectivity index (χ1) is 21.5. The fraction of sp³-hybridized carbons (Fsp3) is 0.133. The average molecular weight is 583 g/mol. The summed E-state index contributed by atoms with van der Waals surface area (Å²) in [5.74, 6) is 7.83. The normalized spacial score (nSPS) is 12.9. The van der Waals surface area contributed by atoms with Gasteiger partial charge < -0.3 is 11.1 Å². The van der Waals surface area contributed by atoms with E-state index in [1.165, 1.54) is 15.3 Å². The summed E-state index contributed by atoms with van der Waals surface area (Å²) in [4.78, 5) is 36.7. The van der Waals surface area contributed by atoms with E-state index in [1.807, 2.05) is 0 Å². The van der Waals surface area contributed by atoms with Gasteiger partial charge in [-0.3, -0.25) is 18.8 Å². The van der Waals surface area contributed by atoms with Crippen molar-refractivity contribution in [1.29, 1.82) is 0 Å². The minimum Gasteiger partial charge on any atom is -0.381 e. The number of benzene rings is 1. The van der Waals surface area contributed by atoms with E-state index in [1.54, 1.807) is 61.4 Å². The first kappa shape index (κ1) is 30.8. The van der Waals surface area contributed by atoms with Crippen LogP contribution in [0.5, 0.6) is 0 Å². The number of anilines is 1. The number of nitrogens with zero attached hydrogens (tertiary/aromatic N) is 7. The molecule has 8 radical (unpaired) electrons. The Balaban J connectivity index is 1.66. The Labute approximate surface area is 263 Å². The van der Waals surface area contributed by atoms with Crippen LogP contribution in [0.25, 0.3) is 16.6 Å². The summed E-state index contributed by atoms with van der Waals surface area (Å²) in [5, 5.41) is 11.3. The van der Waals surface area contributed by atoms with Gasteiger partial charge >= 0.3 is 0 Å². The second-order valence-corrected chi connectivity index (χ2v) is 9.90. The molecular weight excluding hydrogens is 562 g/mol. The molecule has 0 aliphatic heterocycles. The third-order valence-electron chi connectivity index (χ3n) is 6.95. The molecule has 3 N–H and O–H groups in total. The van der Waals surface area contributed by atoms with Gasteiger partial charge in [0.15, 0.2) is 11.5 Å². The van der Waals surface area contributed by atoms with Crippen LogP contribution in [0.4, 0.5) is 5.82 Å². The third kappa shape index (κ3) is 5.93. The van der Waals surface area contributed by atoms with E-state index >= 15 is 0 Å². The van der Waals surface area contributed by atoms with Gasteiger partial charge in [0.25, 0.3) is 11.5 Å². The monoisotopic (exact) mass is 583 g/mol. The first-order valence-electron chi connectivity index (χ1n) is 13.4. The second kappa shape index (κ2) is 12.5. The number of terminal acetylenes is 1. The number of amides is 1. The lowest BCUT2D eigenvalue weighted by molar-refractivity contribution is 0.0939. The number of aromatic nitrogens is 7. The molecule has 1 amide bonds. The predicted octanol–water partition coefficient (Wildman–Crippen LogP) is 0.376. The number of allylic oxidation sites excluding steroid dienone is 4.